The fourth-order valence-corrected chi connectivity index (χ4v) is 2.29. The van der Waals surface area contributed by atoms with E-state index >= 15 is 0 Å². The van der Waals surface area contributed by atoms with Crippen LogP contribution in [0.1, 0.15) is 28.6 Å². The van der Waals surface area contributed by atoms with Crippen molar-refractivity contribution in [1.29, 1.82) is 0 Å². The number of nitrogens with one attached hydrogen (secondary N) is 1. The molecule has 1 atom stereocenters. The molecular weight excluding hydrogens is 214 g/mol. The van der Waals surface area contributed by atoms with Crippen molar-refractivity contribution in [2.24, 2.45) is 7.05 Å². The van der Waals surface area contributed by atoms with Crippen molar-refractivity contribution in [2.45, 2.75) is 26.3 Å². The fraction of sp³-hybridized carbons (Fsp3) is 0.462. The molecule has 0 saturated heterocycles. The van der Waals surface area contributed by atoms with Gasteiger partial charge in [0.15, 0.2) is 0 Å². The summed E-state index contributed by atoms with van der Waals surface area (Å²) in [5.74, 6) is 0. The zero-order chi connectivity index (χ0) is 12.4. The molecule has 17 heavy (non-hydrogen) atoms. The molecule has 92 valence electrons. The lowest BCUT2D eigenvalue weighted by Crippen LogP contribution is -2.20. The van der Waals surface area contributed by atoms with Gasteiger partial charge in [-0.15, -0.1) is 0 Å². The third-order valence-corrected chi connectivity index (χ3v) is 3.28. The SMILES string of the molecule is CNC(Cc1ccoc1)c1c(C)nn(C)c1C. The average Bonchev–Trinajstić information content (AvgIpc) is 2.87. The van der Waals surface area contributed by atoms with Crippen molar-refractivity contribution in [2.75, 3.05) is 7.05 Å². The maximum atomic E-state index is 5.11. The summed E-state index contributed by atoms with van der Waals surface area (Å²) in [7, 11) is 3.97. The van der Waals surface area contributed by atoms with Crippen LogP contribution in [-0.4, -0.2) is 16.8 Å². The first-order chi connectivity index (χ1) is 8.13. The molecular formula is C13H19N3O. The van der Waals surface area contributed by atoms with Gasteiger partial charge in [0.25, 0.3) is 0 Å². The van der Waals surface area contributed by atoms with E-state index in [0.717, 1.165) is 12.1 Å². The Labute approximate surface area is 102 Å². The second kappa shape index (κ2) is 4.75. The van der Waals surface area contributed by atoms with Crippen LogP contribution in [0.15, 0.2) is 23.0 Å². The van der Waals surface area contributed by atoms with E-state index in [0.29, 0.717) is 0 Å². The molecule has 0 fully saturated rings. The van der Waals surface area contributed by atoms with Gasteiger partial charge in [0.1, 0.15) is 0 Å². The summed E-state index contributed by atoms with van der Waals surface area (Å²) in [5, 5.41) is 7.82. The van der Waals surface area contributed by atoms with E-state index in [2.05, 4.69) is 24.3 Å². The van der Waals surface area contributed by atoms with Gasteiger partial charge in [0.2, 0.25) is 0 Å². The average molecular weight is 233 g/mol. The van der Waals surface area contributed by atoms with E-state index in [4.69, 9.17) is 4.42 Å². The predicted octanol–water partition coefficient (Wildman–Crippen LogP) is 2.13. The first kappa shape index (κ1) is 11.9. The van der Waals surface area contributed by atoms with Gasteiger partial charge >= 0.3 is 0 Å². The Hall–Kier alpha value is -1.55. The van der Waals surface area contributed by atoms with E-state index in [1.807, 2.05) is 24.8 Å². The molecule has 2 rings (SSSR count). The van der Waals surface area contributed by atoms with Gasteiger partial charge in [0.05, 0.1) is 18.2 Å². The van der Waals surface area contributed by atoms with E-state index in [9.17, 15) is 0 Å². The number of rotatable bonds is 4. The number of hydrogen-bond donors (Lipinski definition) is 1. The highest BCUT2D eigenvalue weighted by molar-refractivity contribution is 5.29. The highest BCUT2D eigenvalue weighted by Gasteiger charge is 2.19. The Morgan fingerprint density at radius 1 is 1.47 bits per heavy atom. The van der Waals surface area contributed by atoms with Crippen molar-refractivity contribution < 1.29 is 4.42 Å². The van der Waals surface area contributed by atoms with E-state index in [-0.39, 0.29) is 6.04 Å². The molecule has 0 aliphatic rings. The molecule has 0 bridgehead atoms. The standard InChI is InChI=1S/C13H19N3O/c1-9-13(10(2)16(4)15-9)12(14-3)7-11-5-6-17-8-11/h5-6,8,12,14H,7H2,1-4H3. The molecule has 1 N–H and O–H groups in total. The Kier molecular flexibility index (Phi) is 3.33. The largest absolute Gasteiger partial charge is 0.472 e. The van der Waals surface area contributed by atoms with Crippen molar-refractivity contribution >= 4 is 0 Å². The van der Waals surface area contributed by atoms with Crippen molar-refractivity contribution in [3.63, 3.8) is 0 Å². The van der Waals surface area contributed by atoms with Gasteiger partial charge in [-0.05, 0) is 38.9 Å². The molecule has 2 aromatic heterocycles. The van der Waals surface area contributed by atoms with Crippen LogP contribution in [0.4, 0.5) is 0 Å². The molecule has 2 aromatic rings. The quantitative estimate of drug-likeness (QED) is 0.879. The van der Waals surface area contributed by atoms with Crippen LogP contribution in [0.2, 0.25) is 0 Å². The molecule has 2 heterocycles. The lowest BCUT2D eigenvalue weighted by atomic mass is 9.99. The molecule has 0 spiro atoms. The summed E-state index contributed by atoms with van der Waals surface area (Å²) < 4.78 is 7.05. The van der Waals surface area contributed by atoms with Crippen molar-refractivity contribution in [3.05, 3.63) is 41.1 Å². The first-order valence-electron chi connectivity index (χ1n) is 5.82. The molecule has 0 saturated carbocycles. The van der Waals surface area contributed by atoms with Gasteiger partial charge in [-0.3, -0.25) is 4.68 Å². The second-order valence-corrected chi connectivity index (χ2v) is 4.39. The number of nitrogens with zero attached hydrogens (tertiary/aromatic N) is 2. The van der Waals surface area contributed by atoms with Gasteiger partial charge in [0, 0.05) is 24.3 Å². The van der Waals surface area contributed by atoms with Crippen LogP contribution in [0, 0.1) is 13.8 Å². The van der Waals surface area contributed by atoms with E-state index < -0.39 is 0 Å². The number of aromatic nitrogens is 2. The Bertz CT molecular complexity index is 485. The summed E-state index contributed by atoms with van der Waals surface area (Å²) in [5.41, 5.74) is 4.79. The topological polar surface area (TPSA) is 43.0 Å². The van der Waals surface area contributed by atoms with Crippen molar-refractivity contribution in [3.8, 4) is 0 Å². The summed E-state index contributed by atoms with van der Waals surface area (Å²) in [6.07, 6.45) is 4.43. The minimum Gasteiger partial charge on any atom is -0.472 e. The van der Waals surface area contributed by atoms with Crippen LogP contribution in [-0.2, 0) is 13.5 Å². The normalized spacial score (nSPS) is 12.9. The molecule has 4 nitrogen and oxygen atoms in total. The second-order valence-electron chi connectivity index (χ2n) is 4.39. The number of hydrogen-bond acceptors (Lipinski definition) is 3. The molecule has 1 unspecified atom stereocenters. The van der Waals surface area contributed by atoms with Gasteiger partial charge in [-0.2, -0.15) is 5.10 Å². The van der Waals surface area contributed by atoms with E-state index in [1.165, 1.54) is 16.8 Å². The Morgan fingerprint density at radius 2 is 2.24 bits per heavy atom. The fourth-order valence-electron chi connectivity index (χ4n) is 2.29. The first-order valence-corrected chi connectivity index (χ1v) is 5.82. The summed E-state index contributed by atoms with van der Waals surface area (Å²) in [4.78, 5) is 0. The highest BCUT2D eigenvalue weighted by Crippen LogP contribution is 2.24. The van der Waals surface area contributed by atoms with Gasteiger partial charge in [-0.1, -0.05) is 0 Å². The van der Waals surface area contributed by atoms with Crippen LogP contribution in [0.5, 0.6) is 0 Å². The molecule has 0 aliphatic heterocycles. The monoisotopic (exact) mass is 233 g/mol. The number of furan rings is 1. The molecule has 0 aliphatic carbocycles. The van der Waals surface area contributed by atoms with E-state index in [1.54, 1.807) is 12.5 Å². The molecule has 0 aromatic carbocycles. The maximum Gasteiger partial charge on any atom is 0.0935 e. The summed E-state index contributed by atoms with van der Waals surface area (Å²) in [6, 6.07) is 2.28. The minimum atomic E-state index is 0.279. The highest BCUT2D eigenvalue weighted by atomic mass is 16.3. The smallest absolute Gasteiger partial charge is 0.0935 e. The van der Waals surface area contributed by atoms with Gasteiger partial charge < -0.3 is 9.73 Å². The van der Waals surface area contributed by atoms with Crippen LogP contribution < -0.4 is 5.32 Å². The third-order valence-electron chi connectivity index (χ3n) is 3.28. The third kappa shape index (κ3) is 2.26. The summed E-state index contributed by atoms with van der Waals surface area (Å²) in [6.45, 7) is 4.16. The number of aryl methyl sites for hydroxylation is 2. The number of likely N-dealkylation sites (N-methyl/N-ethyl adjacent to an activating group) is 1. The van der Waals surface area contributed by atoms with Crippen molar-refractivity contribution in [1.82, 2.24) is 15.1 Å². The predicted molar refractivity (Wildman–Crippen MR) is 66.9 cm³/mol. The Morgan fingerprint density at radius 3 is 2.71 bits per heavy atom. The van der Waals surface area contributed by atoms with Gasteiger partial charge in [-0.25, -0.2) is 0 Å². The Balaban J connectivity index is 2.29. The summed E-state index contributed by atoms with van der Waals surface area (Å²) >= 11 is 0. The zero-order valence-corrected chi connectivity index (χ0v) is 10.8. The molecule has 0 radical (unpaired) electrons. The maximum absolute atomic E-state index is 5.11. The minimum absolute atomic E-state index is 0.279. The lowest BCUT2D eigenvalue weighted by Gasteiger charge is -2.16. The molecule has 4 heteroatoms. The van der Waals surface area contributed by atoms with Crippen LogP contribution >= 0.6 is 0 Å². The lowest BCUT2D eigenvalue weighted by molar-refractivity contribution is 0.550. The zero-order valence-electron chi connectivity index (χ0n) is 10.8. The van der Waals surface area contributed by atoms with Crippen LogP contribution in [0.25, 0.3) is 0 Å². The molecule has 0 amide bonds. The van der Waals surface area contributed by atoms with Crippen LogP contribution in [0.3, 0.4) is 0 Å².